The van der Waals surface area contributed by atoms with E-state index < -0.39 is 21.6 Å². The summed E-state index contributed by atoms with van der Waals surface area (Å²) in [6, 6.07) is 7.87. The minimum atomic E-state index is -3.50. The van der Waals surface area contributed by atoms with Crippen molar-refractivity contribution in [3.05, 3.63) is 57.8 Å². The zero-order valence-corrected chi connectivity index (χ0v) is 14.3. The molecule has 1 amide bonds. The number of amides is 1. The highest BCUT2D eigenvalue weighted by molar-refractivity contribution is 7.90. The van der Waals surface area contributed by atoms with Gasteiger partial charge < -0.3 is 5.32 Å². The molecule has 0 saturated carbocycles. The van der Waals surface area contributed by atoms with Gasteiger partial charge in [-0.3, -0.25) is 4.79 Å². The number of halogens is 3. The molecule has 8 heteroatoms. The third-order valence-electron chi connectivity index (χ3n) is 3.01. The van der Waals surface area contributed by atoms with Crippen molar-refractivity contribution in [1.29, 1.82) is 0 Å². The normalized spacial score (nSPS) is 11.3. The third kappa shape index (κ3) is 4.67. The molecule has 2 rings (SSSR count). The van der Waals surface area contributed by atoms with E-state index in [0.717, 1.165) is 24.5 Å². The molecule has 2 aromatic carbocycles. The van der Waals surface area contributed by atoms with Crippen LogP contribution in [0, 0.1) is 5.82 Å². The van der Waals surface area contributed by atoms with Gasteiger partial charge >= 0.3 is 0 Å². The highest BCUT2D eigenvalue weighted by Gasteiger charge is 2.14. The second-order valence-corrected chi connectivity index (χ2v) is 7.73. The van der Waals surface area contributed by atoms with E-state index in [9.17, 15) is 17.6 Å². The van der Waals surface area contributed by atoms with Crippen molar-refractivity contribution < 1.29 is 17.6 Å². The lowest BCUT2D eigenvalue weighted by atomic mass is 10.1. The van der Waals surface area contributed by atoms with E-state index in [1.165, 1.54) is 6.07 Å². The molecule has 0 unspecified atom stereocenters. The molecule has 0 radical (unpaired) electrons. The fourth-order valence-electron chi connectivity index (χ4n) is 1.86. The summed E-state index contributed by atoms with van der Waals surface area (Å²) in [7, 11) is -3.50. The highest BCUT2D eigenvalue weighted by Crippen LogP contribution is 2.23. The number of hydrogen-bond donors (Lipinski definition) is 1. The largest absolute Gasteiger partial charge is 0.323 e. The molecule has 0 heterocycles. The number of hydrogen-bond acceptors (Lipinski definition) is 3. The monoisotopic (exact) mass is 375 g/mol. The van der Waals surface area contributed by atoms with E-state index >= 15 is 0 Å². The van der Waals surface area contributed by atoms with Crippen molar-refractivity contribution in [2.75, 3.05) is 11.6 Å². The molecule has 0 aromatic heterocycles. The molecule has 1 N–H and O–H groups in total. The van der Waals surface area contributed by atoms with Gasteiger partial charge in [-0.2, -0.15) is 0 Å². The number of anilines is 1. The van der Waals surface area contributed by atoms with Crippen LogP contribution >= 0.6 is 23.2 Å². The first-order chi connectivity index (χ1) is 10.7. The summed E-state index contributed by atoms with van der Waals surface area (Å²) in [6.07, 6.45) is 0.901. The molecule has 4 nitrogen and oxygen atoms in total. The van der Waals surface area contributed by atoms with Crippen LogP contribution in [0.2, 0.25) is 10.0 Å². The van der Waals surface area contributed by atoms with Gasteiger partial charge in [0.05, 0.1) is 17.0 Å². The van der Waals surface area contributed by atoms with Crippen LogP contribution in [0.1, 0.15) is 5.56 Å². The number of sulfone groups is 1. The van der Waals surface area contributed by atoms with Gasteiger partial charge in [0.1, 0.15) is 5.82 Å². The predicted octanol–water partition coefficient (Wildman–Crippen LogP) is 3.72. The fraction of sp³-hybridized carbons (Fsp3) is 0.133. The van der Waals surface area contributed by atoms with Gasteiger partial charge in [-0.05, 0) is 35.9 Å². The summed E-state index contributed by atoms with van der Waals surface area (Å²) in [5.41, 5.74) is 0.316. The smallest absolute Gasteiger partial charge is 0.228 e. The topological polar surface area (TPSA) is 63.2 Å². The number of nitrogens with one attached hydrogen (secondary N) is 1. The molecule has 0 spiro atoms. The van der Waals surface area contributed by atoms with Crippen LogP contribution in [-0.2, 0) is 21.1 Å². The second-order valence-electron chi connectivity index (χ2n) is 4.87. The minimum absolute atomic E-state index is 0.0845. The average Bonchev–Trinajstić information content (AvgIpc) is 2.43. The second kappa shape index (κ2) is 6.86. The SMILES string of the molecule is CS(=O)(=O)c1ccc(F)c(NC(=O)Cc2ccc(Cl)cc2Cl)c1. The van der Waals surface area contributed by atoms with E-state index in [0.29, 0.717) is 15.6 Å². The van der Waals surface area contributed by atoms with Crippen molar-refractivity contribution in [2.24, 2.45) is 0 Å². The van der Waals surface area contributed by atoms with Crippen molar-refractivity contribution in [2.45, 2.75) is 11.3 Å². The molecule has 0 aliphatic carbocycles. The number of benzene rings is 2. The third-order valence-corrected chi connectivity index (χ3v) is 4.70. The summed E-state index contributed by atoms with van der Waals surface area (Å²) in [5.74, 6) is -1.26. The van der Waals surface area contributed by atoms with Crippen molar-refractivity contribution >= 4 is 44.6 Å². The Kier molecular flexibility index (Phi) is 5.29. The Morgan fingerprint density at radius 1 is 1.17 bits per heavy atom. The van der Waals surface area contributed by atoms with Gasteiger partial charge in [-0.25, -0.2) is 12.8 Å². The molecule has 23 heavy (non-hydrogen) atoms. The fourth-order valence-corrected chi connectivity index (χ4v) is 2.99. The lowest BCUT2D eigenvalue weighted by Gasteiger charge is -2.09. The van der Waals surface area contributed by atoms with E-state index in [1.54, 1.807) is 12.1 Å². The highest BCUT2D eigenvalue weighted by atomic mass is 35.5. The van der Waals surface area contributed by atoms with Gasteiger partial charge in [0.15, 0.2) is 9.84 Å². The lowest BCUT2D eigenvalue weighted by molar-refractivity contribution is -0.115. The summed E-state index contributed by atoms with van der Waals surface area (Å²) in [6.45, 7) is 0. The zero-order valence-electron chi connectivity index (χ0n) is 11.9. The van der Waals surface area contributed by atoms with Gasteiger partial charge in [-0.15, -0.1) is 0 Å². The van der Waals surface area contributed by atoms with Crippen molar-refractivity contribution in [1.82, 2.24) is 0 Å². The molecular formula is C15H12Cl2FNO3S. The molecule has 0 saturated heterocycles. The number of carbonyl (C=O) groups excluding carboxylic acids is 1. The van der Waals surface area contributed by atoms with Gasteiger partial charge in [-0.1, -0.05) is 29.3 Å². The Hall–Kier alpha value is -1.63. The first-order valence-corrected chi connectivity index (χ1v) is 9.05. The van der Waals surface area contributed by atoms with E-state index in [1.807, 2.05) is 0 Å². The molecule has 0 bridgehead atoms. The van der Waals surface area contributed by atoms with E-state index in [4.69, 9.17) is 23.2 Å². The van der Waals surface area contributed by atoms with Crippen LogP contribution in [0.3, 0.4) is 0 Å². The Labute approximate surface area is 143 Å². The van der Waals surface area contributed by atoms with Crippen LogP contribution in [0.15, 0.2) is 41.3 Å². The average molecular weight is 376 g/mol. The number of rotatable bonds is 4. The minimum Gasteiger partial charge on any atom is -0.323 e. The zero-order chi connectivity index (χ0) is 17.2. The molecule has 0 atom stereocenters. The summed E-state index contributed by atoms with van der Waals surface area (Å²) < 4.78 is 36.7. The van der Waals surface area contributed by atoms with Crippen molar-refractivity contribution in [3.8, 4) is 0 Å². The predicted molar refractivity (Wildman–Crippen MR) is 88.3 cm³/mol. The van der Waals surface area contributed by atoms with Gasteiger partial charge in [0.2, 0.25) is 5.91 Å². The number of carbonyl (C=O) groups is 1. The molecule has 122 valence electrons. The summed E-state index contributed by atoms with van der Waals surface area (Å²) in [4.78, 5) is 11.9. The van der Waals surface area contributed by atoms with Crippen LogP contribution < -0.4 is 5.32 Å². The van der Waals surface area contributed by atoms with E-state index in [2.05, 4.69) is 5.32 Å². The van der Waals surface area contributed by atoms with Crippen molar-refractivity contribution in [3.63, 3.8) is 0 Å². The standard InChI is InChI=1S/C15H12Cl2FNO3S/c1-23(21,22)11-4-5-13(18)14(8-11)19-15(20)6-9-2-3-10(16)7-12(9)17/h2-5,7-8H,6H2,1H3,(H,19,20). The maximum absolute atomic E-state index is 13.7. The molecule has 0 aliphatic rings. The molecular weight excluding hydrogens is 364 g/mol. The summed E-state index contributed by atoms with van der Waals surface area (Å²) >= 11 is 11.7. The van der Waals surface area contributed by atoms with Gasteiger partial charge in [0, 0.05) is 16.3 Å². The van der Waals surface area contributed by atoms with Crippen LogP contribution in [0.25, 0.3) is 0 Å². The maximum atomic E-state index is 13.7. The molecule has 2 aromatic rings. The Bertz CT molecular complexity index is 869. The first-order valence-electron chi connectivity index (χ1n) is 6.40. The Morgan fingerprint density at radius 2 is 1.87 bits per heavy atom. The van der Waals surface area contributed by atoms with E-state index in [-0.39, 0.29) is 17.0 Å². The maximum Gasteiger partial charge on any atom is 0.228 e. The summed E-state index contributed by atoms with van der Waals surface area (Å²) in [5, 5.41) is 3.10. The lowest BCUT2D eigenvalue weighted by Crippen LogP contribution is -2.16. The van der Waals surface area contributed by atoms with Crippen LogP contribution in [-0.4, -0.2) is 20.6 Å². The Balaban J connectivity index is 2.20. The first kappa shape index (κ1) is 17.7. The molecule has 0 fully saturated rings. The van der Waals surface area contributed by atoms with Crippen LogP contribution in [0.4, 0.5) is 10.1 Å². The van der Waals surface area contributed by atoms with Crippen LogP contribution in [0.5, 0.6) is 0 Å². The van der Waals surface area contributed by atoms with Gasteiger partial charge in [0.25, 0.3) is 0 Å². The quantitative estimate of drug-likeness (QED) is 0.828. The Morgan fingerprint density at radius 3 is 2.48 bits per heavy atom. The molecule has 0 aliphatic heterocycles.